The second-order valence-electron chi connectivity index (χ2n) is 6.27. The summed E-state index contributed by atoms with van der Waals surface area (Å²) < 4.78 is 10.2. The fourth-order valence-electron chi connectivity index (χ4n) is 2.71. The van der Waals surface area contributed by atoms with E-state index in [0.29, 0.717) is 0 Å². The van der Waals surface area contributed by atoms with Gasteiger partial charge in [0.25, 0.3) is 0 Å². The monoisotopic (exact) mass is 382 g/mol. The van der Waals surface area contributed by atoms with Gasteiger partial charge in [-0.25, -0.2) is 9.59 Å². The molecule has 1 aliphatic carbocycles. The van der Waals surface area contributed by atoms with Crippen molar-refractivity contribution in [2.75, 3.05) is 6.61 Å². The average Bonchev–Trinajstić information content (AvgIpc) is 2.74. The lowest BCUT2D eigenvalue weighted by Crippen LogP contribution is -2.60. The molecule has 7 heteroatoms. The van der Waals surface area contributed by atoms with Crippen LogP contribution in [0, 0.1) is 0 Å². The molecular formula is C21H18O7. The van der Waals surface area contributed by atoms with Gasteiger partial charge in [-0.05, 0) is 36.4 Å². The van der Waals surface area contributed by atoms with Gasteiger partial charge in [-0.1, -0.05) is 36.4 Å². The topological polar surface area (TPSA) is 110 Å². The number of aliphatic hydroxyl groups is 2. The molecule has 0 aromatic heterocycles. The van der Waals surface area contributed by atoms with E-state index in [2.05, 4.69) is 0 Å². The molecule has 0 spiro atoms. The highest BCUT2D eigenvalue weighted by atomic mass is 16.6. The molecule has 7 nitrogen and oxygen atoms in total. The highest BCUT2D eigenvalue weighted by molar-refractivity contribution is 5.99. The van der Waals surface area contributed by atoms with E-state index in [0.717, 1.165) is 6.08 Å². The number of hydrogen-bond donors (Lipinski definition) is 2. The lowest BCUT2D eigenvalue weighted by Gasteiger charge is -2.36. The van der Waals surface area contributed by atoms with Crippen molar-refractivity contribution in [3.05, 3.63) is 83.9 Å². The maximum atomic E-state index is 12.2. The van der Waals surface area contributed by atoms with E-state index in [4.69, 9.17) is 9.47 Å². The fourth-order valence-corrected chi connectivity index (χ4v) is 2.71. The molecule has 3 rings (SSSR count). The Balaban J connectivity index is 1.70. The van der Waals surface area contributed by atoms with Crippen LogP contribution in [0.1, 0.15) is 20.7 Å². The molecular weight excluding hydrogens is 364 g/mol. The number of ketones is 1. The summed E-state index contributed by atoms with van der Waals surface area (Å²) in [6, 6.07) is 16.1. The Hall–Kier alpha value is -3.29. The number of benzene rings is 2. The average molecular weight is 382 g/mol. The van der Waals surface area contributed by atoms with Crippen LogP contribution in [0.15, 0.2) is 72.8 Å². The van der Waals surface area contributed by atoms with Crippen LogP contribution in [0.25, 0.3) is 0 Å². The first kappa shape index (κ1) is 19.5. The van der Waals surface area contributed by atoms with E-state index in [1.54, 1.807) is 36.4 Å². The lowest BCUT2D eigenvalue weighted by molar-refractivity contribution is -0.166. The SMILES string of the molecule is O=C(OC[C@@]1(O)C(=O)C=CC(OC(=O)c2ccccc2)C1O)c1ccccc1. The molecule has 0 saturated carbocycles. The Labute approximate surface area is 160 Å². The normalized spacial score (nSPS) is 23.9. The Morgan fingerprint density at radius 2 is 1.46 bits per heavy atom. The number of aliphatic hydroxyl groups excluding tert-OH is 1. The number of rotatable bonds is 5. The van der Waals surface area contributed by atoms with Crippen LogP contribution in [0.5, 0.6) is 0 Å². The van der Waals surface area contributed by atoms with E-state index in [9.17, 15) is 24.6 Å². The summed E-state index contributed by atoms with van der Waals surface area (Å²) >= 11 is 0. The van der Waals surface area contributed by atoms with E-state index < -0.39 is 42.1 Å². The number of hydrogen-bond acceptors (Lipinski definition) is 7. The third kappa shape index (κ3) is 4.00. The van der Waals surface area contributed by atoms with Gasteiger partial charge >= 0.3 is 11.9 Å². The van der Waals surface area contributed by atoms with Gasteiger partial charge in [0, 0.05) is 0 Å². The molecule has 0 bridgehead atoms. The third-order valence-corrected chi connectivity index (χ3v) is 4.35. The standard InChI is InChI=1S/C21H18O7/c22-17-12-11-16(28-20(25)15-9-5-2-6-10-15)18(23)21(17,26)13-27-19(24)14-7-3-1-4-8-14/h1-12,16,18,23,26H,13H2/t16?,18?,21-/m1/s1. The van der Waals surface area contributed by atoms with Crippen molar-refractivity contribution in [2.24, 2.45) is 0 Å². The largest absolute Gasteiger partial charge is 0.458 e. The number of ether oxygens (including phenoxy) is 2. The number of esters is 2. The van der Waals surface area contributed by atoms with Crippen molar-refractivity contribution in [1.82, 2.24) is 0 Å². The summed E-state index contributed by atoms with van der Waals surface area (Å²) in [5, 5.41) is 21.1. The summed E-state index contributed by atoms with van der Waals surface area (Å²) in [5.41, 5.74) is -1.95. The van der Waals surface area contributed by atoms with Gasteiger partial charge in [0.1, 0.15) is 18.8 Å². The van der Waals surface area contributed by atoms with E-state index >= 15 is 0 Å². The van der Waals surface area contributed by atoms with Crippen LogP contribution in [0.4, 0.5) is 0 Å². The smallest absolute Gasteiger partial charge is 0.338 e. The number of carbonyl (C=O) groups is 3. The Morgan fingerprint density at radius 1 is 0.929 bits per heavy atom. The van der Waals surface area contributed by atoms with Crippen molar-refractivity contribution < 1.29 is 34.1 Å². The molecule has 0 saturated heterocycles. The van der Waals surface area contributed by atoms with Crippen molar-refractivity contribution >= 4 is 17.7 Å². The molecule has 1 aliphatic rings. The van der Waals surface area contributed by atoms with Crippen LogP contribution in [-0.4, -0.2) is 52.4 Å². The van der Waals surface area contributed by atoms with Gasteiger partial charge in [-0.15, -0.1) is 0 Å². The first-order valence-corrected chi connectivity index (χ1v) is 8.53. The zero-order valence-electron chi connectivity index (χ0n) is 14.7. The summed E-state index contributed by atoms with van der Waals surface area (Å²) in [6.45, 7) is -0.787. The molecule has 0 amide bonds. The van der Waals surface area contributed by atoms with Crippen LogP contribution < -0.4 is 0 Å². The summed E-state index contributed by atoms with van der Waals surface area (Å²) in [5.74, 6) is -2.35. The maximum Gasteiger partial charge on any atom is 0.338 e. The van der Waals surface area contributed by atoms with Crippen molar-refractivity contribution in [3.63, 3.8) is 0 Å². The summed E-state index contributed by atoms with van der Waals surface area (Å²) in [7, 11) is 0. The predicted octanol–water partition coefficient (Wildman–Crippen LogP) is 1.30. The zero-order chi connectivity index (χ0) is 20.1. The molecule has 144 valence electrons. The van der Waals surface area contributed by atoms with Crippen molar-refractivity contribution in [2.45, 2.75) is 17.8 Å². The highest BCUT2D eigenvalue weighted by Crippen LogP contribution is 2.25. The molecule has 0 aliphatic heterocycles. The Kier molecular flexibility index (Phi) is 5.67. The summed E-state index contributed by atoms with van der Waals surface area (Å²) in [6.07, 6.45) is -0.917. The van der Waals surface area contributed by atoms with Crippen molar-refractivity contribution in [3.8, 4) is 0 Å². The zero-order valence-corrected chi connectivity index (χ0v) is 14.7. The van der Waals surface area contributed by atoms with Crippen LogP contribution >= 0.6 is 0 Å². The first-order valence-electron chi connectivity index (χ1n) is 8.53. The van der Waals surface area contributed by atoms with Gasteiger partial charge < -0.3 is 19.7 Å². The van der Waals surface area contributed by atoms with Crippen LogP contribution in [-0.2, 0) is 14.3 Å². The molecule has 2 N–H and O–H groups in total. The molecule has 0 heterocycles. The Bertz CT molecular complexity index is 891. The van der Waals surface area contributed by atoms with Gasteiger partial charge in [0.05, 0.1) is 11.1 Å². The van der Waals surface area contributed by atoms with E-state index in [1.807, 2.05) is 0 Å². The number of carbonyl (C=O) groups excluding carboxylic acids is 3. The molecule has 2 unspecified atom stereocenters. The molecule has 2 aromatic carbocycles. The van der Waals surface area contributed by atoms with Gasteiger partial charge in [0.15, 0.2) is 11.4 Å². The molecule has 28 heavy (non-hydrogen) atoms. The quantitative estimate of drug-likeness (QED) is 0.750. The second kappa shape index (κ2) is 8.16. The molecule has 0 fully saturated rings. The van der Waals surface area contributed by atoms with Crippen LogP contribution in [0.2, 0.25) is 0 Å². The Morgan fingerprint density at radius 3 is 2.04 bits per heavy atom. The minimum Gasteiger partial charge on any atom is -0.458 e. The first-order chi connectivity index (χ1) is 13.4. The van der Waals surface area contributed by atoms with Gasteiger partial charge in [-0.2, -0.15) is 0 Å². The maximum absolute atomic E-state index is 12.2. The van der Waals surface area contributed by atoms with Gasteiger partial charge in [-0.3, -0.25) is 4.79 Å². The second-order valence-corrected chi connectivity index (χ2v) is 6.27. The lowest BCUT2D eigenvalue weighted by atomic mass is 9.84. The highest BCUT2D eigenvalue weighted by Gasteiger charge is 2.50. The minimum absolute atomic E-state index is 0.228. The fraction of sp³-hybridized carbons (Fsp3) is 0.190. The minimum atomic E-state index is -2.43. The van der Waals surface area contributed by atoms with Crippen molar-refractivity contribution in [1.29, 1.82) is 0 Å². The van der Waals surface area contributed by atoms with Gasteiger partial charge in [0.2, 0.25) is 0 Å². The van der Waals surface area contributed by atoms with E-state index in [1.165, 1.54) is 30.3 Å². The van der Waals surface area contributed by atoms with Crippen LogP contribution in [0.3, 0.4) is 0 Å². The van der Waals surface area contributed by atoms with E-state index in [-0.39, 0.29) is 11.1 Å². The molecule has 2 aromatic rings. The summed E-state index contributed by atoms with van der Waals surface area (Å²) in [4.78, 5) is 36.4. The molecule has 3 atom stereocenters. The predicted molar refractivity (Wildman–Crippen MR) is 97.5 cm³/mol. The third-order valence-electron chi connectivity index (χ3n) is 4.35. The molecule has 0 radical (unpaired) electrons.